The lowest BCUT2D eigenvalue weighted by Crippen LogP contribution is -2.41. The van der Waals surface area contributed by atoms with Gasteiger partial charge in [0.05, 0.1) is 41.8 Å². The number of nitrogens with zero attached hydrogens (tertiary/aromatic N) is 10. The molecule has 0 aliphatic carbocycles. The Balaban J connectivity index is 0.000000161. The second-order valence-electron chi connectivity index (χ2n) is 13.4. The predicted octanol–water partition coefficient (Wildman–Crippen LogP) is 8.53. The number of carbonyl (C=O) groups excluding carboxylic acids is 1. The molecule has 0 spiro atoms. The maximum atomic E-state index is 12.4. The van der Waals surface area contributed by atoms with Gasteiger partial charge in [0.1, 0.15) is 11.2 Å². The standard InChI is InChI=1S/C23H20N6O.C20H20N4O2S/c30-23-21(27-26-17-11-5-2-6-12-17)22-25-19(18-13-7-8-14-24-18)15-20(29(22)28-23)16-9-3-1-4-10-16;1-2-26-20(25)15-13-22-24-18(27-14-8-4-3-5-9-14)12-17(23-19(15)24)16-10-6-7-11-21-16/h1-14,19-21H,15H2,(H,28,30);3-11,13,15,17-18H,2,12H2,1H3/b27-26+;. The molecule has 6 heterocycles. The van der Waals surface area contributed by atoms with E-state index in [0.29, 0.717) is 30.4 Å². The van der Waals surface area contributed by atoms with E-state index in [1.165, 1.54) is 0 Å². The summed E-state index contributed by atoms with van der Waals surface area (Å²) in [5, 5.41) is 31.8. The normalized spacial score (nSPS) is 23.4. The van der Waals surface area contributed by atoms with Crippen LogP contribution in [-0.2, 0) is 9.53 Å². The van der Waals surface area contributed by atoms with E-state index in [2.05, 4.69) is 54.7 Å². The fourth-order valence-electron chi connectivity index (χ4n) is 6.96. The first-order chi connectivity index (χ1) is 28.1. The highest BCUT2D eigenvalue weighted by Gasteiger charge is 2.44. The van der Waals surface area contributed by atoms with Crippen molar-refractivity contribution in [2.75, 3.05) is 6.61 Å². The molecule has 0 fully saturated rings. The minimum absolute atomic E-state index is 0.0302. The molecule has 0 amide bonds. The van der Waals surface area contributed by atoms with Gasteiger partial charge in [0, 0.05) is 36.3 Å². The van der Waals surface area contributed by atoms with E-state index in [0.717, 1.165) is 28.3 Å². The SMILES string of the molecule is CCOC(=O)C1C=NN2C1=NC(c1ccccn1)CC2Sc1ccccc1.OC1=NN2C(=NC(c3ccccn3)CC2c2ccccc2)C1/N=N/c1ccccc1. The quantitative estimate of drug-likeness (QED) is 0.116. The number of aromatic nitrogens is 2. The van der Waals surface area contributed by atoms with Crippen molar-refractivity contribution < 1.29 is 14.6 Å². The Hall–Kier alpha value is -6.54. The number of fused-ring (bicyclic) bond motifs is 2. The van der Waals surface area contributed by atoms with Crippen molar-refractivity contribution in [1.29, 1.82) is 0 Å². The van der Waals surface area contributed by atoms with Crippen LogP contribution >= 0.6 is 11.8 Å². The number of rotatable bonds is 9. The van der Waals surface area contributed by atoms with Gasteiger partial charge in [0.15, 0.2) is 11.8 Å². The molecule has 0 bridgehead atoms. The molecule has 9 rings (SSSR count). The smallest absolute Gasteiger partial charge is 0.322 e. The van der Waals surface area contributed by atoms with Gasteiger partial charge >= 0.3 is 5.97 Å². The topological polar surface area (TPSA) is 153 Å². The maximum Gasteiger partial charge on any atom is 0.322 e. The van der Waals surface area contributed by atoms with Crippen LogP contribution in [0, 0.1) is 5.92 Å². The van der Waals surface area contributed by atoms with Crippen molar-refractivity contribution >= 4 is 47.2 Å². The molecule has 3 aromatic carbocycles. The fourth-order valence-corrected chi connectivity index (χ4v) is 8.13. The van der Waals surface area contributed by atoms with Gasteiger partial charge in [-0.15, -0.1) is 5.10 Å². The Bertz CT molecular complexity index is 2280. The number of aliphatic imine (C=N–C) groups is 2. The predicted molar refractivity (Wildman–Crippen MR) is 220 cm³/mol. The number of benzene rings is 3. The molecule has 6 atom stereocenters. The third-order valence-corrected chi connectivity index (χ3v) is 10.9. The number of hydrogen-bond acceptors (Lipinski definition) is 13. The van der Waals surface area contributed by atoms with Crippen molar-refractivity contribution in [3.05, 3.63) is 157 Å². The van der Waals surface area contributed by atoms with Crippen LogP contribution in [-0.4, -0.2) is 72.9 Å². The average Bonchev–Trinajstić information content (AvgIpc) is 3.85. The lowest BCUT2D eigenvalue weighted by atomic mass is 9.94. The molecular formula is C43H40N10O3S. The van der Waals surface area contributed by atoms with Crippen LogP contribution in [0.15, 0.2) is 175 Å². The minimum atomic E-state index is -0.733. The maximum absolute atomic E-state index is 12.4. The molecule has 0 radical (unpaired) electrons. The molecule has 5 aromatic rings. The van der Waals surface area contributed by atoms with E-state index >= 15 is 0 Å². The Labute approximate surface area is 334 Å². The number of amidine groups is 2. The average molecular weight is 777 g/mol. The largest absolute Gasteiger partial charge is 0.493 e. The Morgan fingerprint density at radius 3 is 2.04 bits per heavy atom. The zero-order valence-corrected chi connectivity index (χ0v) is 31.9. The summed E-state index contributed by atoms with van der Waals surface area (Å²) < 4.78 is 5.21. The van der Waals surface area contributed by atoms with Crippen molar-refractivity contribution in [3.63, 3.8) is 0 Å². The van der Waals surface area contributed by atoms with Gasteiger partial charge in [-0.2, -0.15) is 15.3 Å². The second-order valence-corrected chi connectivity index (χ2v) is 14.6. The van der Waals surface area contributed by atoms with Crippen molar-refractivity contribution in [3.8, 4) is 0 Å². The van der Waals surface area contributed by atoms with Crippen LogP contribution in [0.1, 0.15) is 54.8 Å². The number of thioether (sulfide) groups is 1. The van der Waals surface area contributed by atoms with Crippen LogP contribution in [0.25, 0.3) is 0 Å². The van der Waals surface area contributed by atoms with Crippen LogP contribution in [0.2, 0.25) is 0 Å². The molecular weight excluding hydrogens is 737 g/mol. The van der Waals surface area contributed by atoms with Gasteiger partial charge < -0.3 is 9.84 Å². The Morgan fingerprint density at radius 1 is 0.772 bits per heavy atom. The van der Waals surface area contributed by atoms with E-state index < -0.39 is 12.0 Å². The second kappa shape index (κ2) is 17.5. The van der Waals surface area contributed by atoms with Gasteiger partial charge in [-0.1, -0.05) is 90.6 Å². The van der Waals surface area contributed by atoms with E-state index in [9.17, 15) is 9.90 Å². The highest BCUT2D eigenvalue weighted by Crippen LogP contribution is 2.42. The number of hydrazone groups is 2. The highest BCUT2D eigenvalue weighted by molar-refractivity contribution is 7.99. The number of hydrogen-bond donors (Lipinski definition) is 1. The van der Waals surface area contributed by atoms with Crippen LogP contribution in [0.4, 0.5) is 5.69 Å². The van der Waals surface area contributed by atoms with Crippen molar-refractivity contribution in [2.45, 2.75) is 54.2 Å². The van der Waals surface area contributed by atoms with E-state index in [1.807, 2.05) is 108 Å². The van der Waals surface area contributed by atoms with Gasteiger partial charge in [-0.25, -0.2) is 10.0 Å². The Morgan fingerprint density at radius 2 is 1.39 bits per heavy atom. The lowest BCUT2D eigenvalue weighted by molar-refractivity contribution is -0.143. The summed E-state index contributed by atoms with van der Waals surface area (Å²) in [6.45, 7) is 2.14. The number of azo groups is 1. The summed E-state index contributed by atoms with van der Waals surface area (Å²) in [4.78, 5) is 32.2. The number of pyridine rings is 2. The lowest BCUT2D eigenvalue weighted by Gasteiger charge is -2.34. The summed E-state index contributed by atoms with van der Waals surface area (Å²) >= 11 is 1.72. The van der Waals surface area contributed by atoms with E-state index in [4.69, 9.17) is 14.7 Å². The monoisotopic (exact) mass is 776 g/mol. The number of aliphatic hydroxyl groups is 1. The molecule has 1 N–H and O–H groups in total. The van der Waals surface area contributed by atoms with Gasteiger partial charge in [0.25, 0.3) is 0 Å². The van der Waals surface area contributed by atoms with Crippen LogP contribution in [0.5, 0.6) is 0 Å². The molecule has 14 heteroatoms. The number of esters is 1. The molecule has 13 nitrogen and oxygen atoms in total. The zero-order chi connectivity index (χ0) is 39.0. The first kappa shape index (κ1) is 37.4. The third kappa shape index (κ3) is 8.50. The number of aliphatic hydroxyl groups excluding tert-OH is 1. The number of ether oxygens (including phenoxy) is 1. The zero-order valence-electron chi connectivity index (χ0n) is 31.1. The molecule has 286 valence electrons. The molecule has 0 saturated carbocycles. The summed E-state index contributed by atoms with van der Waals surface area (Å²) in [6, 6.07) is 40.3. The first-order valence-electron chi connectivity index (χ1n) is 18.8. The minimum Gasteiger partial charge on any atom is -0.493 e. The molecule has 2 aromatic heterocycles. The van der Waals surface area contributed by atoms with Gasteiger partial charge in [-0.05, 0) is 61.0 Å². The van der Waals surface area contributed by atoms with Crippen LogP contribution in [0.3, 0.4) is 0 Å². The van der Waals surface area contributed by atoms with Gasteiger partial charge in [-0.3, -0.25) is 24.7 Å². The summed E-state index contributed by atoms with van der Waals surface area (Å²) in [5.74, 6) is 0.255. The molecule has 6 unspecified atom stereocenters. The summed E-state index contributed by atoms with van der Waals surface area (Å²) in [5.41, 5.74) is 3.60. The molecule has 57 heavy (non-hydrogen) atoms. The van der Waals surface area contributed by atoms with E-state index in [1.54, 1.807) is 42.3 Å². The first-order valence-corrected chi connectivity index (χ1v) is 19.7. The van der Waals surface area contributed by atoms with Crippen molar-refractivity contribution in [2.24, 2.45) is 36.3 Å². The van der Waals surface area contributed by atoms with E-state index in [-0.39, 0.29) is 35.4 Å². The molecule has 4 aliphatic rings. The fraction of sp³-hybridized carbons (Fsp3) is 0.233. The third-order valence-electron chi connectivity index (χ3n) is 9.65. The van der Waals surface area contributed by atoms with Gasteiger partial charge in [0.2, 0.25) is 11.9 Å². The van der Waals surface area contributed by atoms with Crippen molar-refractivity contribution in [1.82, 2.24) is 20.0 Å². The molecule has 4 aliphatic heterocycles. The Kier molecular flexibility index (Phi) is 11.5. The summed E-state index contributed by atoms with van der Waals surface area (Å²) in [6.07, 6.45) is 6.64. The highest BCUT2D eigenvalue weighted by atomic mass is 32.2. The molecule has 0 saturated heterocycles. The van der Waals surface area contributed by atoms with Crippen LogP contribution < -0.4 is 0 Å². The number of carbonyl (C=O) groups is 1. The summed E-state index contributed by atoms with van der Waals surface area (Å²) in [7, 11) is 0.